The molecule has 1 N–H and O–H groups in total. The predicted molar refractivity (Wildman–Crippen MR) is 43.6 cm³/mol. The molecule has 0 spiro atoms. The lowest BCUT2D eigenvalue weighted by Crippen LogP contribution is -2.27. The van der Waals surface area contributed by atoms with Crippen molar-refractivity contribution in [3.8, 4) is 6.07 Å². The minimum atomic E-state index is 0.124. The number of hydrogen-bond acceptors (Lipinski definition) is 3. The van der Waals surface area contributed by atoms with Gasteiger partial charge in [0, 0.05) is 6.04 Å². The first-order chi connectivity index (χ1) is 5.16. The maximum Gasteiger partial charge on any atom is 0.0705 e. The van der Waals surface area contributed by atoms with Gasteiger partial charge in [0.1, 0.15) is 0 Å². The molecule has 0 saturated carbocycles. The Kier molecular flexibility index (Phi) is 5.81. The van der Waals surface area contributed by atoms with Gasteiger partial charge in [0.15, 0.2) is 0 Å². The highest BCUT2D eigenvalue weighted by molar-refractivity contribution is 4.75. The number of nitriles is 1. The van der Waals surface area contributed by atoms with Crippen molar-refractivity contribution in [1.29, 1.82) is 5.26 Å². The number of hydrogen-bond donors (Lipinski definition) is 1. The molecule has 0 aliphatic rings. The fourth-order valence-electron chi connectivity index (χ4n) is 0.536. The van der Waals surface area contributed by atoms with Gasteiger partial charge < -0.3 is 4.84 Å². The van der Waals surface area contributed by atoms with E-state index in [9.17, 15) is 0 Å². The lowest BCUT2D eigenvalue weighted by Gasteiger charge is -2.11. The molecule has 11 heavy (non-hydrogen) atoms. The van der Waals surface area contributed by atoms with Gasteiger partial charge >= 0.3 is 0 Å². The fraction of sp³-hybridized carbons (Fsp3) is 0.875. The highest BCUT2D eigenvalue weighted by Gasteiger charge is 1.99. The molecular weight excluding hydrogens is 140 g/mol. The highest BCUT2D eigenvalue weighted by Crippen LogP contribution is 1.92. The van der Waals surface area contributed by atoms with Crippen molar-refractivity contribution in [3.05, 3.63) is 0 Å². The molecule has 0 aromatic heterocycles. The Bertz CT molecular complexity index is 129. The summed E-state index contributed by atoms with van der Waals surface area (Å²) in [5.41, 5.74) is 2.79. The molecule has 0 aliphatic carbocycles. The summed E-state index contributed by atoms with van der Waals surface area (Å²) in [5.74, 6) is 0.525. The summed E-state index contributed by atoms with van der Waals surface area (Å²) in [6.07, 6.45) is 0.484. The summed E-state index contributed by atoms with van der Waals surface area (Å²) in [4.78, 5) is 5.11. The maximum absolute atomic E-state index is 8.30. The summed E-state index contributed by atoms with van der Waals surface area (Å²) in [6.45, 7) is 6.77. The topological polar surface area (TPSA) is 45.0 Å². The van der Waals surface area contributed by atoms with Gasteiger partial charge in [-0.3, -0.25) is 0 Å². The molecule has 1 atom stereocenters. The first-order valence-corrected chi connectivity index (χ1v) is 3.91. The average Bonchev–Trinajstić information content (AvgIpc) is 1.87. The first-order valence-electron chi connectivity index (χ1n) is 3.91. The second kappa shape index (κ2) is 6.14. The second-order valence-corrected chi connectivity index (χ2v) is 3.09. The van der Waals surface area contributed by atoms with Crippen LogP contribution in [0.3, 0.4) is 0 Å². The maximum atomic E-state index is 8.30. The SMILES string of the molecule is CC(C)CONC(C)CC#N. The lowest BCUT2D eigenvalue weighted by atomic mass is 10.2. The Morgan fingerprint density at radius 1 is 1.45 bits per heavy atom. The molecular formula is C8H16N2O. The molecule has 0 aromatic rings. The van der Waals surface area contributed by atoms with Crippen molar-refractivity contribution < 1.29 is 4.84 Å². The van der Waals surface area contributed by atoms with E-state index in [-0.39, 0.29) is 6.04 Å². The summed E-state index contributed by atoms with van der Waals surface area (Å²) < 4.78 is 0. The molecule has 0 bridgehead atoms. The first kappa shape index (κ1) is 10.4. The van der Waals surface area contributed by atoms with Crippen LogP contribution in [-0.2, 0) is 4.84 Å². The molecule has 0 heterocycles. The largest absolute Gasteiger partial charge is 0.301 e. The van der Waals surface area contributed by atoms with Crippen LogP contribution in [0.4, 0.5) is 0 Å². The number of nitrogens with one attached hydrogen (secondary N) is 1. The van der Waals surface area contributed by atoms with Crippen LogP contribution >= 0.6 is 0 Å². The highest BCUT2D eigenvalue weighted by atomic mass is 16.6. The molecule has 64 valence electrons. The zero-order valence-electron chi connectivity index (χ0n) is 7.42. The lowest BCUT2D eigenvalue weighted by molar-refractivity contribution is 0.00555. The van der Waals surface area contributed by atoms with Gasteiger partial charge in [-0.25, -0.2) is 0 Å². The molecule has 0 saturated heterocycles. The van der Waals surface area contributed by atoms with Crippen molar-refractivity contribution in [3.63, 3.8) is 0 Å². The van der Waals surface area contributed by atoms with E-state index < -0.39 is 0 Å². The van der Waals surface area contributed by atoms with Crippen molar-refractivity contribution in [1.82, 2.24) is 5.48 Å². The third kappa shape index (κ3) is 7.31. The van der Waals surface area contributed by atoms with Gasteiger partial charge in [-0.2, -0.15) is 10.7 Å². The van der Waals surface area contributed by atoms with Crippen LogP contribution in [0, 0.1) is 17.2 Å². The Balaban J connectivity index is 3.18. The average molecular weight is 156 g/mol. The normalized spacial score (nSPS) is 13.0. The van der Waals surface area contributed by atoms with E-state index in [1.165, 1.54) is 0 Å². The van der Waals surface area contributed by atoms with Crippen LogP contribution in [0.2, 0.25) is 0 Å². The predicted octanol–water partition coefficient (Wildman–Crippen LogP) is 1.47. The van der Waals surface area contributed by atoms with Gasteiger partial charge in [0.05, 0.1) is 19.1 Å². The van der Waals surface area contributed by atoms with E-state index in [2.05, 4.69) is 25.4 Å². The summed E-state index contributed by atoms with van der Waals surface area (Å²) in [6, 6.07) is 2.19. The van der Waals surface area contributed by atoms with Gasteiger partial charge in [0.2, 0.25) is 0 Å². The number of nitrogens with zero attached hydrogens (tertiary/aromatic N) is 1. The third-order valence-corrected chi connectivity index (χ3v) is 1.10. The van der Waals surface area contributed by atoms with Crippen molar-refractivity contribution in [2.45, 2.75) is 33.2 Å². The van der Waals surface area contributed by atoms with Crippen LogP contribution in [0.25, 0.3) is 0 Å². The molecule has 0 radical (unpaired) electrons. The van der Waals surface area contributed by atoms with E-state index >= 15 is 0 Å². The molecule has 3 heteroatoms. The number of hydroxylamine groups is 1. The van der Waals surface area contributed by atoms with Crippen molar-refractivity contribution >= 4 is 0 Å². The minimum Gasteiger partial charge on any atom is -0.301 e. The van der Waals surface area contributed by atoms with E-state index in [1.807, 2.05) is 6.92 Å². The van der Waals surface area contributed by atoms with Crippen LogP contribution in [0.5, 0.6) is 0 Å². The molecule has 0 aliphatic heterocycles. The van der Waals surface area contributed by atoms with Gasteiger partial charge in [-0.05, 0) is 12.8 Å². The number of rotatable bonds is 5. The zero-order valence-corrected chi connectivity index (χ0v) is 7.42. The Hall–Kier alpha value is -0.590. The Labute approximate surface area is 68.3 Å². The van der Waals surface area contributed by atoms with Crippen LogP contribution in [0.15, 0.2) is 0 Å². The van der Waals surface area contributed by atoms with E-state index in [1.54, 1.807) is 0 Å². The minimum absolute atomic E-state index is 0.124. The van der Waals surface area contributed by atoms with Crippen molar-refractivity contribution in [2.75, 3.05) is 6.61 Å². The van der Waals surface area contributed by atoms with Gasteiger partial charge in [-0.1, -0.05) is 13.8 Å². The van der Waals surface area contributed by atoms with Gasteiger partial charge in [0.25, 0.3) is 0 Å². The standard InChI is InChI=1S/C8H16N2O/c1-7(2)6-11-10-8(3)4-5-9/h7-8,10H,4,6H2,1-3H3. The second-order valence-electron chi connectivity index (χ2n) is 3.09. The molecule has 0 amide bonds. The zero-order chi connectivity index (χ0) is 8.69. The monoisotopic (exact) mass is 156 g/mol. The molecule has 1 unspecified atom stereocenters. The fourth-order valence-corrected chi connectivity index (χ4v) is 0.536. The van der Waals surface area contributed by atoms with E-state index in [0.717, 1.165) is 0 Å². The van der Waals surface area contributed by atoms with E-state index in [0.29, 0.717) is 18.9 Å². The molecule has 0 aromatic carbocycles. The van der Waals surface area contributed by atoms with Crippen molar-refractivity contribution in [2.24, 2.45) is 5.92 Å². The van der Waals surface area contributed by atoms with E-state index in [4.69, 9.17) is 10.1 Å². The smallest absolute Gasteiger partial charge is 0.0705 e. The summed E-state index contributed by atoms with van der Waals surface area (Å²) >= 11 is 0. The quantitative estimate of drug-likeness (QED) is 0.613. The Morgan fingerprint density at radius 3 is 2.55 bits per heavy atom. The molecule has 0 rings (SSSR count). The Morgan fingerprint density at radius 2 is 2.09 bits per heavy atom. The van der Waals surface area contributed by atoms with Gasteiger partial charge in [-0.15, -0.1) is 0 Å². The third-order valence-electron chi connectivity index (χ3n) is 1.10. The molecule has 3 nitrogen and oxygen atoms in total. The van der Waals surface area contributed by atoms with Crippen LogP contribution in [-0.4, -0.2) is 12.6 Å². The summed E-state index contributed by atoms with van der Waals surface area (Å²) in [5, 5.41) is 8.30. The summed E-state index contributed by atoms with van der Waals surface area (Å²) in [7, 11) is 0. The van der Waals surface area contributed by atoms with Crippen LogP contribution in [0.1, 0.15) is 27.2 Å². The molecule has 0 fully saturated rings. The van der Waals surface area contributed by atoms with Crippen LogP contribution < -0.4 is 5.48 Å².